The third kappa shape index (κ3) is 3.76. The van der Waals surface area contributed by atoms with Crippen LogP contribution in [0.3, 0.4) is 0 Å². The average Bonchev–Trinajstić information content (AvgIpc) is 2.85. The second-order valence-electron chi connectivity index (χ2n) is 5.64. The first kappa shape index (κ1) is 14.0. The van der Waals surface area contributed by atoms with E-state index in [1.807, 2.05) is 11.8 Å². The highest BCUT2D eigenvalue weighted by Crippen LogP contribution is 2.29. The highest BCUT2D eigenvalue weighted by molar-refractivity contribution is 7.99. The Balaban J connectivity index is 1.79. The summed E-state index contributed by atoms with van der Waals surface area (Å²) in [6, 6.07) is 6.81. The van der Waals surface area contributed by atoms with Gasteiger partial charge in [0, 0.05) is 11.8 Å². The summed E-state index contributed by atoms with van der Waals surface area (Å²) in [4.78, 5) is 0. The largest absolute Gasteiger partial charge is 0.323 e. The monoisotopic (exact) mass is 263 g/mol. The van der Waals surface area contributed by atoms with Gasteiger partial charge in [0.25, 0.3) is 0 Å². The van der Waals surface area contributed by atoms with E-state index in [1.54, 1.807) is 0 Å². The molecule has 1 unspecified atom stereocenters. The van der Waals surface area contributed by atoms with E-state index in [4.69, 9.17) is 5.73 Å². The molecule has 1 aliphatic rings. The summed E-state index contributed by atoms with van der Waals surface area (Å²) in [5, 5.41) is 0. The van der Waals surface area contributed by atoms with Crippen molar-refractivity contribution < 1.29 is 0 Å². The Labute approximate surface area is 116 Å². The molecule has 1 nitrogen and oxygen atoms in total. The minimum Gasteiger partial charge on any atom is -0.323 e. The average molecular weight is 263 g/mol. The minimum atomic E-state index is 0.190. The van der Waals surface area contributed by atoms with E-state index in [0.29, 0.717) is 0 Å². The number of rotatable bonds is 5. The lowest BCUT2D eigenvalue weighted by molar-refractivity contribution is 0.622. The molecule has 1 aromatic rings. The lowest BCUT2D eigenvalue weighted by Gasteiger charge is -2.15. The summed E-state index contributed by atoms with van der Waals surface area (Å²) >= 11 is 2.04. The second-order valence-corrected chi connectivity index (χ2v) is 6.71. The van der Waals surface area contributed by atoms with Crippen LogP contribution in [0.1, 0.15) is 48.4 Å². The Hall–Kier alpha value is -0.470. The van der Waals surface area contributed by atoms with Crippen molar-refractivity contribution in [2.45, 2.75) is 45.6 Å². The predicted octanol–water partition coefficient (Wildman–Crippen LogP) is 4.23. The number of nitrogens with two attached hydrogens (primary N) is 1. The van der Waals surface area contributed by atoms with Gasteiger partial charge < -0.3 is 5.73 Å². The van der Waals surface area contributed by atoms with Gasteiger partial charge in [-0.2, -0.15) is 11.8 Å². The van der Waals surface area contributed by atoms with E-state index in [1.165, 1.54) is 48.1 Å². The fraction of sp³-hybridized carbons (Fsp3) is 0.625. The molecule has 0 saturated heterocycles. The minimum absolute atomic E-state index is 0.190. The van der Waals surface area contributed by atoms with Crippen LogP contribution in [0.15, 0.2) is 18.2 Å². The van der Waals surface area contributed by atoms with Crippen LogP contribution in [0.4, 0.5) is 0 Å². The maximum Gasteiger partial charge on any atom is 0.0386 e. The lowest BCUT2D eigenvalue weighted by Crippen LogP contribution is -2.14. The quantitative estimate of drug-likeness (QED) is 0.860. The third-order valence-electron chi connectivity index (χ3n) is 4.08. The van der Waals surface area contributed by atoms with Gasteiger partial charge in [-0.25, -0.2) is 0 Å². The van der Waals surface area contributed by atoms with Crippen LogP contribution in [-0.2, 0) is 0 Å². The van der Waals surface area contributed by atoms with Crippen LogP contribution in [0, 0.1) is 19.8 Å². The van der Waals surface area contributed by atoms with Gasteiger partial charge in [0.1, 0.15) is 0 Å². The Morgan fingerprint density at radius 2 is 1.94 bits per heavy atom. The molecule has 1 atom stereocenters. The zero-order chi connectivity index (χ0) is 13.0. The van der Waals surface area contributed by atoms with Crippen molar-refractivity contribution in [2.24, 2.45) is 11.7 Å². The second kappa shape index (κ2) is 6.63. The Morgan fingerprint density at radius 1 is 1.22 bits per heavy atom. The first-order valence-electron chi connectivity index (χ1n) is 7.07. The maximum absolute atomic E-state index is 6.28. The van der Waals surface area contributed by atoms with Crippen LogP contribution in [0.5, 0.6) is 0 Å². The van der Waals surface area contributed by atoms with Crippen molar-refractivity contribution in [3.05, 3.63) is 34.9 Å². The van der Waals surface area contributed by atoms with Gasteiger partial charge in [0.2, 0.25) is 0 Å². The molecular weight excluding hydrogens is 238 g/mol. The smallest absolute Gasteiger partial charge is 0.0386 e. The van der Waals surface area contributed by atoms with Crippen LogP contribution in [0.2, 0.25) is 0 Å². The zero-order valence-corrected chi connectivity index (χ0v) is 12.4. The first-order chi connectivity index (χ1) is 8.66. The highest BCUT2D eigenvalue weighted by Gasteiger charge is 2.15. The van der Waals surface area contributed by atoms with Gasteiger partial charge in [-0.15, -0.1) is 0 Å². The molecule has 1 aromatic carbocycles. The van der Waals surface area contributed by atoms with Crippen molar-refractivity contribution >= 4 is 11.8 Å². The number of thioether (sulfide) groups is 1. The molecule has 0 aromatic heterocycles. The van der Waals surface area contributed by atoms with Crippen LogP contribution in [0.25, 0.3) is 0 Å². The van der Waals surface area contributed by atoms with E-state index in [2.05, 4.69) is 32.0 Å². The zero-order valence-electron chi connectivity index (χ0n) is 11.6. The van der Waals surface area contributed by atoms with E-state index in [9.17, 15) is 0 Å². The van der Waals surface area contributed by atoms with Crippen molar-refractivity contribution in [1.82, 2.24) is 0 Å². The molecule has 1 aliphatic carbocycles. The summed E-state index contributed by atoms with van der Waals surface area (Å²) in [7, 11) is 0. The van der Waals surface area contributed by atoms with Gasteiger partial charge in [-0.1, -0.05) is 31.0 Å². The van der Waals surface area contributed by atoms with E-state index in [-0.39, 0.29) is 6.04 Å². The molecule has 0 spiro atoms. The summed E-state index contributed by atoms with van der Waals surface area (Å²) in [5.74, 6) is 3.32. The number of benzene rings is 1. The number of hydrogen-bond acceptors (Lipinski definition) is 2. The number of aryl methyl sites for hydroxylation is 2. The molecule has 2 N–H and O–H groups in total. The van der Waals surface area contributed by atoms with Gasteiger partial charge in [-0.3, -0.25) is 0 Å². The van der Waals surface area contributed by atoms with E-state index >= 15 is 0 Å². The molecule has 1 fully saturated rings. The van der Waals surface area contributed by atoms with Gasteiger partial charge in [0.05, 0.1) is 0 Å². The van der Waals surface area contributed by atoms with Gasteiger partial charge in [-0.05, 0) is 55.1 Å². The molecule has 100 valence electrons. The Kier molecular flexibility index (Phi) is 5.13. The summed E-state index contributed by atoms with van der Waals surface area (Å²) < 4.78 is 0. The molecule has 0 heterocycles. The van der Waals surface area contributed by atoms with Crippen LogP contribution < -0.4 is 5.73 Å². The predicted molar refractivity (Wildman–Crippen MR) is 82.1 cm³/mol. The third-order valence-corrected chi connectivity index (χ3v) is 5.39. The highest BCUT2D eigenvalue weighted by atomic mass is 32.2. The lowest BCUT2D eigenvalue weighted by atomic mass is 10.0. The molecule has 2 rings (SSSR count). The molecule has 2 heteroatoms. The first-order valence-corrected chi connectivity index (χ1v) is 8.23. The van der Waals surface area contributed by atoms with Crippen molar-refractivity contribution in [3.8, 4) is 0 Å². The molecule has 1 saturated carbocycles. The van der Waals surface area contributed by atoms with Crippen LogP contribution >= 0.6 is 11.8 Å². The van der Waals surface area contributed by atoms with E-state index < -0.39 is 0 Å². The molecule has 0 radical (unpaired) electrons. The fourth-order valence-corrected chi connectivity index (χ4v) is 3.88. The molecule has 0 aliphatic heterocycles. The van der Waals surface area contributed by atoms with Crippen LogP contribution in [-0.4, -0.2) is 11.5 Å². The van der Waals surface area contributed by atoms with Crippen molar-refractivity contribution in [2.75, 3.05) is 11.5 Å². The molecule has 0 amide bonds. The molecule has 18 heavy (non-hydrogen) atoms. The van der Waals surface area contributed by atoms with Crippen molar-refractivity contribution in [1.29, 1.82) is 0 Å². The molecule has 0 bridgehead atoms. The van der Waals surface area contributed by atoms with Gasteiger partial charge in [0.15, 0.2) is 0 Å². The number of hydrogen-bond donors (Lipinski definition) is 1. The summed E-state index contributed by atoms with van der Waals surface area (Å²) in [5.41, 5.74) is 10.3. The fourth-order valence-electron chi connectivity index (χ4n) is 2.63. The Morgan fingerprint density at radius 3 is 2.61 bits per heavy atom. The Bertz CT molecular complexity index is 383. The summed E-state index contributed by atoms with van der Waals surface area (Å²) in [6.45, 7) is 4.32. The van der Waals surface area contributed by atoms with Crippen molar-refractivity contribution in [3.63, 3.8) is 0 Å². The maximum atomic E-state index is 6.28. The molecular formula is C16H25NS. The topological polar surface area (TPSA) is 26.0 Å². The standard InChI is InChI=1S/C16H25NS/c1-12-7-8-15(9-13(12)2)16(17)11-18-10-14-5-3-4-6-14/h7-9,14,16H,3-6,10-11,17H2,1-2H3. The normalized spacial score (nSPS) is 18.2. The van der Waals surface area contributed by atoms with Gasteiger partial charge >= 0.3 is 0 Å². The van der Waals surface area contributed by atoms with E-state index in [0.717, 1.165) is 11.7 Å². The SMILES string of the molecule is Cc1ccc(C(N)CSCC2CCCC2)cc1C. The summed E-state index contributed by atoms with van der Waals surface area (Å²) in [6.07, 6.45) is 5.75.